The predicted octanol–water partition coefficient (Wildman–Crippen LogP) is 3.31. The number of benzene rings is 1. The van der Waals surface area contributed by atoms with Crippen LogP contribution in [0, 0.1) is 12.7 Å². The third-order valence-electron chi connectivity index (χ3n) is 2.87. The first-order valence-corrected chi connectivity index (χ1v) is 6.30. The molecular formula is C14H12FN3O3. The minimum absolute atomic E-state index is 0.126. The van der Waals surface area contributed by atoms with Crippen molar-refractivity contribution in [1.29, 1.82) is 0 Å². The zero-order valence-electron chi connectivity index (χ0n) is 11.4. The van der Waals surface area contributed by atoms with Gasteiger partial charge in [-0.05, 0) is 26.0 Å². The number of aryl methyl sites for hydroxylation is 1. The Kier molecular flexibility index (Phi) is 3.39. The van der Waals surface area contributed by atoms with Crippen molar-refractivity contribution >= 4 is 0 Å². The van der Waals surface area contributed by atoms with Crippen LogP contribution < -0.4 is 4.74 Å². The highest BCUT2D eigenvalue weighted by atomic mass is 19.1. The van der Waals surface area contributed by atoms with Gasteiger partial charge >= 0.3 is 0 Å². The fourth-order valence-corrected chi connectivity index (χ4v) is 1.78. The molecule has 0 N–H and O–H groups in total. The summed E-state index contributed by atoms with van der Waals surface area (Å²) in [5.74, 6) is 0.524. The average Bonchev–Trinajstić information content (AvgIpc) is 3.09. The average molecular weight is 289 g/mol. The lowest BCUT2D eigenvalue weighted by Gasteiger charge is -2.11. The van der Waals surface area contributed by atoms with Gasteiger partial charge in [0.25, 0.3) is 11.8 Å². The summed E-state index contributed by atoms with van der Waals surface area (Å²) >= 11 is 0. The molecule has 0 saturated heterocycles. The Hall–Kier alpha value is -2.70. The monoisotopic (exact) mass is 289 g/mol. The molecular weight excluding hydrogens is 277 g/mol. The second kappa shape index (κ2) is 5.35. The van der Waals surface area contributed by atoms with E-state index in [9.17, 15) is 4.39 Å². The fraction of sp³-hybridized carbons (Fsp3) is 0.214. The molecule has 0 spiro atoms. The number of halogens is 1. The maximum atomic E-state index is 13.5. The van der Waals surface area contributed by atoms with E-state index in [1.165, 1.54) is 18.5 Å². The van der Waals surface area contributed by atoms with Crippen molar-refractivity contribution in [3.05, 3.63) is 48.1 Å². The highest BCUT2D eigenvalue weighted by molar-refractivity contribution is 5.46. The second-order valence-corrected chi connectivity index (χ2v) is 4.40. The number of ether oxygens (including phenoxy) is 1. The predicted molar refractivity (Wildman–Crippen MR) is 70.0 cm³/mol. The first-order chi connectivity index (χ1) is 10.1. The van der Waals surface area contributed by atoms with Gasteiger partial charge in [-0.15, -0.1) is 10.2 Å². The van der Waals surface area contributed by atoms with E-state index in [-0.39, 0.29) is 17.5 Å². The summed E-state index contributed by atoms with van der Waals surface area (Å²) in [5, 5.41) is 7.77. The van der Waals surface area contributed by atoms with E-state index >= 15 is 0 Å². The zero-order chi connectivity index (χ0) is 14.8. The molecule has 21 heavy (non-hydrogen) atoms. The summed E-state index contributed by atoms with van der Waals surface area (Å²) in [6, 6.07) is 6.12. The standard InChI is InChI=1S/C14H12FN3O3/c1-8-12(19-7-16-8)14-18-17-13(21-14)9(2)20-11-6-4-3-5-10(11)15/h3-7,9H,1-2H3. The lowest BCUT2D eigenvalue weighted by molar-refractivity contribution is 0.181. The smallest absolute Gasteiger partial charge is 0.285 e. The van der Waals surface area contributed by atoms with Crippen molar-refractivity contribution in [1.82, 2.24) is 15.2 Å². The van der Waals surface area contributed by atoms with Gasteiger partial charge in [0, 0.05) is 0 Å². The SMILES string of the molecule is Cc1ncoc1-c1nnc(C(C)Oc2ccccc2F)o1. The van der Waals surface area contributed by atoms with Crippen LogP contribution in [0.25, 0.3) is 11.7 Å². The summed E-state index contributed by atoms with van der Waals surface area (Å²) in [6.07, 6.45) is 0.708. The van der Waals surface area contributed by atoms with Gasteiger partial charge in [0.1, 0.15) is 0 Å². The molecule has 0 aliphatic heterocycles. The number of aromatic nitrogens is 3. The Labute approximate surface area is 119 Å². The van der Waals surface area contributed by atoms with Gasteiger partial charge in [0.2, 0.25) is 5.76 Å². The van der Waals surface area contributed by atoms with E-state index < -0.39 is 11.9 Å². The number of hydrogen-bond acceptors (Lipinski definition) is 6. The Bertz CT molecular complexity index is 753. The highest BCUT2D eigenvalue weighted by Gasteiger charge is 2.20. The first kappa shape index (κ1) is 13.3. The fourth-order valence-electron chi connectivity index (χ4n) is 1.78. The number of para-hydroxylation sites is 1. The molecule has 6 nitrogen and oxygen atoms in total. The second-order valence-electron chi connectivity index (χ2n) is 4.40. The molecule has 1 atom stereocenters. The van der Waals surface area contributed by atoms with Crippen LogP contribution in [0.4, 0.5) is 4.39 Å². The Morgan fingerprint density at radius 1 is 1.24 bits per heavy atom. The largest absolute Gasteiger partial charge is 0.478 e. The number of hydrogen-bond donors (Lipinski definition) is 0. The molecule has 7 heteroatoms. The molecule has 3 aromatic rings. The van der Waals surface area contributed by atoms with Gasteiger partial charge in [0.05, 0.1) is 5.69 Å². The summed E-state index contributed by atoms with van der Waals surface area (Å²) in [7, 11) is 0. The normalized spacial score (nSPS) is 12.3. The Morgan fingerprint density at radius 2 is 2.05 bits per heavy atom. The van der Waals surface area contributed by atoms with E-state index in [0.717, 1.165) is 0 Å². The van der Waals surface area contributed by atoms with E-state index in [1.54, 1.807) is 26.0 Å². The van der Waals surface area contributed by atoms with E-state index in [0.29, 0.717) is 11.5 Å². The maximum absolute atomic E-state index is 13.5. The molecule has 0 radical (unpaired) electrons. The van der Waals surface area contributed by atoms with Crippen molar-refractivity contribution in [3.63, 3.8) is 0 Å². The molecule has 2 aromatic heterocycles. The summed E-state index contributed by atoms with van der Waals surface area (Å²) < 4.78 is 29.7. The molecule has 0 aliphatic carbocycles. The quantitative estimate of drug-likeness (QED) is 0.733. The summed E-state index contributed by atoms with van der Waals surface area (Å²) in [4.78, 5) is 3.95. The minimum atomic E-state index is -0.591. The van der Waals surface area contributed by atoms with Crippen LogP contribution in [0.2, 0.25) is 0 Å². The summed E-state index contributed by atoms with van der Waals surface area (Å²) in [5.41, 5.74) is 0.646. The van der Waals surface area contributed by atoms with Crippen molar-refractivity contribution in [2.24, 2.45) is 0 Å². The molecule has 0 bridgehead atoms. The Balaban J connectivity index is 1.80. The van der Waals surface area contributed by atoms with E-state index in [2.05, 4.69) is 15.2 Å². The molecule has 0 aliphatic rings. The van der Waals surface area contributed by atoms with Gasteiger partial charge in [-0.1, -0.05) is 12.1 Å². The van der Waals surface area contributed by atoms with E-state index in [4.69, 9.17) is 13.6 Å². The van der Waals surface area contributed by atoms with Crippen LogP contribution in [-0.4, -0.2) is 15.2 Å². The van der Waals surface area contributed by atoms with Crippen LogP contribution in [0.3, 0.4) is 0 Å². The van der Waals surface area contributed by atoms with Crippen LogP contribution in [0.15, 0.2) is 39.5 Å². The molecule has 0 saturated carbocycles. The van der Waals surface area contributed by atoms with Crippen LogP contribution in [-0.2, 0) is 0 Å². The highest BCUT2D eigenvalue weighted by Crippen LogP contribution is 2.26. The van der Waals surface area contributed by atoms with Crippen LogP contribution in [0.1, 0.15) is 24.6 Å². The third-order valence-corrected chi connectivity index (χ3v) is 2.87. The molecule has 1 unspecified atom stereocenters. The van der Waals surface area contributed by atoms with Gasteiger partial charge < -0.3 is 13.6 Å². The van der Waals surface area contributed by atoms with Crippen LogP contribution in [0.5, 0.6) is 5.75 Å². The van der Waals surface area contributed by atoms with Gasteiger partial charge in [0.15, 0.2) is 24.1 Å². The first-order valence-electron chi connectivity index (χ1n) is 6.30. The van der Waals surface area contributed by atoms with Gasteiger partial charge in [-0.2, -0.15) is 0 Å². The minimum Gasteiger partial charge on any atom is -0.478 e. The zero-order valence-corrected chi connectivity index (χ0v) is 11.4. The number of oxazole rings is 1. The lowest BCUT2D eigenvalue weighted by Crippen LogP contribution is -2.04. The van der Waals surface area contributed by atoms with Crippen molar-refractivity contribution in [2.45, 2.75) is 20.0 Å². The van der Waals surface area contributed by atoms with Crippen molar-refractivity contribution < 1.29 is 18.0 Å². The molecule has 0 amide bonds. The number of rotatable bonds is 4. The molecule has 108 valence electrons. The molecule has 2 heterocycles. The third kappa shape index (κ3) is 2.62. The molecule has 0 fully saturated rings. The van der Waals surface area contributed by atoms with Crippen molar-refractivity contribution in [3.8, 4) is 17.4 Å². The van der Waals surface area contributed by atoms with Crippen molar-refractivity contribution in [2.75, 3.05) is 0 Å². The maximum Gasteiger partial charge on any atom is 0.285 e. The van der Waals surface area contributed by atoms with Gasteiger partial charge in [-0.25, -0.2) is 9.37 Å². The topological polar surface area (TPSA) is 74.2 Å². The Morgan fingerprint density at radius 3 is 2.76 bits per heavy atom. The molecule has 3 rings (SSSR count). The lowest BCUT2D eigenvalue weighted by atomic mass is 10.3. The van der Waals surface area contributed by atoms with Gasteiger partial charge in [-0.3, -0.25) is 0 Å². The summed E-state index contributed by atoms with van der Waals surface area (Å²) in [6.45, 7) is 3.46. The van der Waals surface area contributed by atoms with Crippen LogP contribution >= 0.6 is 0 Å². The number of nitrogens with zero attached hydrogens (tertiary/aromatic N) is 3. The molecule has 1 aromatic carbocycles. The van der Waals surface area contributed by atoms with E-state index in [1.807, 2.05) is 0 Å².